The lowest BCUT2D eigenvalue weighted by molar-refractivity contribution is -0.00669. The van der Waals surface area contributed by atoms with Crippen LogP contribution in [0.1, 0.15) is 48.0 Å². The van der Waals surface area contributed by atoms with Gasteiger partial charge in [0, 0.05) is 27.5 Å². The van der Waals surface area contributed by atoms with Crippen LogP contribution in [0.2, 0.25) is 0 Å². The molecular formula is C29H25O2S+. The summed E-state index contributed by atoms with van der Waals surface area (Å²) in [7, 11) is -0.0809. The van der Waals surface area contributed by atoms with Crippen molar-refractivity contribution in [2.75, 3.05) is 0 Å². The fraction of sp³-hybridized carbons (Fsp3) is 0.207. The molecule has 1 aromatic heterocycles. The molecule has 2 nitrogen and oxygen atoms in total. The molecule has 0 spiro atoms. The number of rotatable bonds is 3. The Morgan fingerprint density at radius 3 is 2.31 bits per heavy atom. The average Bonchev–Trinajstić information content (AvgIpc) is 3.28. The number of fused-ring (bicyclic) bond motifs is 1. The highest BCUT2D eigenvalue weighted by atomic mass is 32.2. The Bertz CT molecular complexity index is 1280. The quantitative estimate of drug-likeness (QED) is 0.189. The van der Waals surface area contributed by atoms with Crippen molar-refractivity contribution < 1.29 is 9.53 Å². The van der Waals surface area contributed by atoms with Crippen molar-refractivity contribution in [3.05, 3.63) is 101 Å². The Balaban J connectivity index is 1.37. The Labute approximate surface area is 191 Å². The zero-order valence-electron chi connectivity index (χ0n) is 17.9. The number of thiophene rings is 1. The molecule has 3 heteroatoms. The van der Waals surface area contributed by atoms with E-state index in [0.717, 1.165) is 31.2 Å². The molecule has 3 aromatic carbocycles. The minimum atomic E-state index is -0.696. The van der Waals surface area contributed by atoms with Crippen molar-refractivity contribution in [2.24, 2.45) is 0 Å². The van der Waals surface area contributed by atoms with Crippen LogP contribution in [0.3, 0.4) is 0 Å². The van der Waals surface area contributed by atoms with Crippen LogP contribution in [0.5, 0.6) is 0 Å². The van der Waals surface area contributed by atoms with Crippen LogP contribution in [0.4, 0.5) is 0 Å². The van der Waals surface area contributed by atoms with Crippen LogP contribution in [0.15, 0.2) is 90.3 Å². The van der Waals surface area contributed by atoms with Crippen LogP contribution in [-0.2, 0) is 4.74 Å². The van der Waals surface area contributed by atoms with E-state index in [4.69, 9.17) is 4.74 Å². The van der Waals surface area contributed by atoms with Crippen molar-refractivity contribution in [3.63, 3.8) is 0 Å². The maximum absolute atomic E-state index is 13.1. The molecule has 0 N–H and O–H groups in total. The molecule has 0 bridgehead atoms. The Hall–Kier alpha value is -3.35. The summed E-state index contributed by atoms with van der Waals surface area (Å²) in [6, 6.07) is 28.4. The molecule has 32 heavy (non-hydrogen) atoms. The molecule has 1 aliphatic carbocycles. The topological polar surface area (TPSA) is 26.3 Å². The van der Waals surface area contributed by atoms with E-state index in [1.807, 2.05) is 42.5 Å². The average molecular weight is 438 g/mol. The number of carbonyl (C=O) groups is 1. The van der Waals surface area contributed by atoms with Gasteiger partial charge in [0.1, 0.15) is 5.38 Å². The van der Waals surface area contributed by atoms with Crippen LogP contribution in [0, 0.1) is 11.8 Å². The van der Waals surface area contributed by atoms with Crippen molar-refractivity contribution >= 4 is 26.5 Å². The van der Waals surface area contributed by atoms with E-state index in [1.54, 1.807) is 0 Å². The van der Waals surface area contributed by atoms with Crippen LogP contribution >= 0.6 is 10.5 Å². The number of esters is 1. The third-order valence-corrected chi connectivity index (χ3v) is 8.08. The number of carbonyl (C=O) groups excluding carboxylic acids is 1. The largest absolute Gasteiger partial charge is 0.442 e. The fourth-order valence-electron chi connectivity index (χ4n) is 4.30. The zero-order chi connectivity index (χ0) is 21.8. The molecule has 1 heterocycles. The smallest absolute Gasteiger partial charge is 0.339 e. The first-order valence-corrected chi connectivity index (χ1v) is 12.4. The molecule has 5 rings (SSSR count). The summed E-state index contributed by atoms with van der Waals surface area (Å²) in [5, 5.41) is 3.52. The molecule has 0 aliphatic heterocycles. The predicted octanol–water partition coefficient (Wildman–Crippen LogP) is 7.49. The van der Waals surface area contributed by atoms with E-state index in [9.17, 15) is 4.79 Å². The minimum absolute atomic E-state index is 0.0809. The van der Waals surface area contributed by atoms with Crippen LogP contribution < -0.4 is 0 Å². The molecular weight excluding hydrogens is 412 g/mol. The third kappa shape index (κ3) is 4.33. The normalized spacial score (nSPS) is 15.6. The number of ether oxygens (including phenoxy) is 1. The zero-order valence-corrected chi connectivity index (χ0v) is 18.7. The summed E-state index contributed by atoms with van der Waals surface area (Å²) in [5.74, 6) is 6.27. The summed E-state index contributed by atoms with van der Waals surface area (Å²) in [6.07, 6.45) is 4.82. The summed E-state index contributed by atoms with van der Waals surface area (Å²) >= 11 is 0. The summed E-state index contributed by atoms with van der Waals surface area (Å²) < 4.78 is 7.42. The maximum Gasteiger partial charge on any atom is 0.339 e. The van der Waals surface area contributed by atoms with E-state index in [-0.39, 0.29) is 16.4 Å². The number of hydrogen-bond donors (Lipinski definition) is 0. The lowest BCUT2D eigenvalue weighted by atomic mass is 9.85. The van der Waals surface area contributed by atoms with Gasteiger partial charge in [-0.1, -0.05) is 42.7 Å². The van der Waals surface area contributed by atoms with E-state index < -0.39 is 5.60 Å². The van der Waals surface area contributed by atoms with Crippen LogP contribution in [-0.4, -0.2) is 11.6 Å². The standard InChI is InChI=1S/C29H25O2S/c30-28(31-29(19-7-2-8-20-29)21-17-23-9-3-1-4-10-23)25-13-15-26(16-14-25)32-22-18-24-11-5-6-12-27(24)32/h1,3-6,9-16,18,22H,2,7-8,19-20H2/q+1. The summed E-state index contributed by atoms with van der Waals surface area (Å²) in [6.45, 7) is 0. The van der Waals surface area contributed by atoms with Gasteiger partial charge in [0.2, 0.25) is 0 Å². The predicted molar refractivity (Wildman–Crippen MR) is 132 cm³/mol. The molecule has 158 valence electrons. The Morgan fingerprint density at radius 2 is 1.53 bits per heavy atom. The first-order valence-electron chi connectivity index (χ1n) is 11.1. The van der Waals surface area contributed by atoms with Crippen LogP contribution in [0.25, 0.3) is 15.0 Å². The van der Waals surface area contributed by atoms with Crippen molar-refractivity contribution in [1.29, 1.82) is 0 Å². The van der Waals surface area contributed by atoms with Gasteiger partial charge in [0.15, 0.2) is 15.2 Å². The fourth-order valence-corrected chi connectivity index (χ4v) is 6.18. The van der Waals surface area contributed by atoms with Gasteiger partial charge in [-0.15, -0.1) is 0 Å². The molecule has 0 radical (unpaired) electrons. The van der Waals surface area contributed by atoms with E-state index >= 15 is 0 Å². The second kappa shape index (κ2) is 9.02. The number of hydrogen-bond acceptors (Lipinski definition) is 2. The summed E-state index contributed by atoms with van der Waals surface area (Å²) in [5.41, 5.74) is 0.836. The highest BCUT2D eigenvalue weighted by molar-refractivity contribution is 7.43. The van der Waals surface area contributed by atoms with Gasteiger partial charge in [-0.2, -0.15) is 0 Å². The van der Waals surface area contributed by atoms with Gasteiger partial charge in [0.05, 0.1) is 5.56 Å². The van der Waals surface area contributed by atoms with Crippen molar-refractivity contribution in [2.45, 2.75) is 37.7 Å². The molecule has 0 amide bonds. The molecule has 0 saturated heterocycles. The van der Waals surface area contributed by atoms with Crippen molar-refractivity contribution in [3.8, 4) is 16.7 Å². The first-order chi connectivity index (χ1) is 15.7. The van der Waals surface area contributed by atoms with Gasteiger partial charge in [-0.05, 0) is 80.1 Å². The third-order valence-electron chi connectivity index (χ3n) is 6.04. The van der Waals surface area contributed by atoms with E-state index in [2.05, 4.69) is 59.7 Å². The van der Waals surface area contributed by atoms with Gasteiger partial charge < -0.3 is 4.74 Å². The second-order valence-corrected chi connectivity index (χ2v) is 10.1. The highest BCUT2D eigenvalue weighted by Crippen LogP contribution is 2.39. The lowest BCUT2D eigenvalue weighted by Crippen LogP contribution is -2.36. The highest BCUT2D eigenvalue weighted by Gasteiger charge is 2.34. The molecule has 1 aliphatic rings. The molecule has 1 fully saturated rings. The van der Waals surface area contributed by atoms with E-state index in [0.29, 0.717) is 5.56 Å². The Morgan fingerprint density at radius 1 is 0.812 bits per heavy atom. The monoisotopic (exact) mass is 437 g/mol. The van der Waals surface area contributed by atoms with Gasteiger partial charge in [-0.3, -0.25) is 0 Å². The van der Waals surface area contributed by atoms with E-state index in [1.165, 1.54) is 21.4 Å². The van der Waals surface area contributed by atoms with Crippen molar-refractivity contribution in [1.82, 2.24) is 0 Å². The first kappa shape index (κ1) is 20.5. The lowest BCUT2D eigenvalue weighted by Gasteiger charge is -2.32. The SMILES string of the molecule is O=C(OC1(C#Cc2ccccc2)CCCCC1)c1ccc(-[s+]2ccc3ccccc32)cc1. The minimum Gasteiger partial charge on any atom is -0.442 e. The summed E-state index contributed by atoms with van der Waals surface area (Å²) in [4.78, 5) is 14.3. The maximum atomic E-state index is 13.1. The molecule has 1 saturated carbocycles. The van der Waals surface area contributed by atoms with Gasteiger partial charge in [0.25, 0.3) is 0 Å². The molecule has 1 atom stereocenters. The van der Waals surface area contributed by atoms with Gasteiger partial charge in [-0.25, -0.2) is 4.79 Å². The molecule has 4 aromatic rings. The second-order valence-electron chi connectivity index (χ2n) is 8.26. The number of benzene rings is 3. The Kier molecular flexibility index (Phi) is 5.79. The van der Waals surface area contributed by atoms with Gasteiger partial charge >= 0.3 is 5.97 Å². The molecule has 1 unspecified atom stereocenters.